The van der Waals surface area contributed by atoms with E-state index in [1.165, 1.54) is 132 Å². The van der Waals surface area contributed by atoms with Gasteiger partial charge in [0, 0.05) is 24.7 Å². The molecule has 0 fully saturated rings. The number of benzene rings is 2. The van der Waals surface area contributed by atoms with Crippen molar-refractivity contribution in [3.05, 3.63) is 95.1 Å². The van der Waals surface area contributed by atoms with Crippen LogP contribution in [0.2, 0.25) is 0 Å². The minimum atomic E-state index is -4.22. The predicted octanol–water partition coefficient (Wildman–Crippen LogP) is 8.62. The Kier molecular flexibility index (Phi) is 18.9. The number of hydrogen-bond donors (Lipinski definition) is 2. The molecule has 11 heteroatoms. The largest absolute Gasteiger partial charge is 0.459 e. The van der Waals surface area contributed by atoms with Crippen molar-refractivity contribution in [1.29, 1.82) is 0 Å². The molecule has 0 radical (unpaired) electrons. The number of nitrogens with one attached hydrogen (secondary N) is 2. The van der Waals surface area contributed by atoms with Crippen LogP contribution in [0.4, 0.5) is 4.39 Å². The number of carbonyl (C=O) groups excluding carboxylic acids is 3. The van der Waals surface area contributed by atoms with E-state index in [-0.39, 0.29) is 34.4 Å². The second-order valence-electron chi connectivity index (χ2n) is 13.0. The van der Waals surface area contributed by atoms with Gasteiger partial charge in [-0.1, -0.05) is 109 Å². The summed E-state index contributed by atoms with van der Waals surface area (Å²) >= 11 is 0. The molecular formula is C40H54FN3O6S. The standard InChI is InChI=1S/C40H54FN3O6S/c1-2-3-4-5-6-7-8-9-10-11-12-13-14-15-16-17-38(45)50-31-36-25-20-34(30-43-36)40(47)44-51(48,49)37-26-21-33(22-27-37)39(46)42-29-28-32-18-23-35(41)24-19-32/h18-27,30H,2-17,28-29,31H2,1H3,(H,42,46)(H,44,47). The molecule has 2 aromatic carbocycles. The Morgan fingerprint density at radius 2 is 1.24 bits per heavy atom. The molecule has 3 aromatic rings. The molecule has 278 valence electrons. The first-order valence-electron chi connectivity index (χ1n) is 18.5. The summed E-state index contributed by atoms with van der Waals surface area (Å²) in [6.45, 7) is 2.53. The zero-order chi connectivity index (χ0) is 36.7. The molecule has 51 heavy (non-hydrogen) atoms. The van der Waals surface area contributed by atoms with Gasteiger partial charge in [-0.25, -0.2) is 17.5 Å². The Morgan fingerprint density at radius 1 is 0.686 bits per heavy atom. The van der Waals surface area contributed by atoms with Gasteiger partial charge in [0.05, 0.1) is 16.2 Å². The van der Waals surface area contributed by atoms with Crippen LogP contribution in [0.1, 0.15) is 142 Å². The number of ether oxygens (including phenoxy) is 1. The number of esters is 1. The molecular weight excluding hydrogens is 670 g/mol. The molecule has 1 heterocycles. The molecule has 0 saturated heterocycles. The molecule has 3 rings (SSSR count). The van der Waals surface area contributed by atoms with Crippen molar-refractivity contribution in [2.75, 3.05) is 6.54 Å². The molecule has 0 aliphatic carbocycles. The normalized spacial score (nSPS) is 11.3. The van der Waals surface area contributed by atoms with Crippen LogP contribution in [-0.2, 0) is 32.6 Å². The molecule has 0 saturated carbocycles. The van der Waals surface area contributed by atoms with E-state index in [1.807, 2.05) is 4.72 Å². The molecule has 1 aromatic heterocycles. The summed E-state index contributed by atoms with van der Waals surface area (Å²) in [7, 11) is -4.22. The molecule has 2 N–H and O–H groups in total. The lowest BCUT2D eigenvalue weighted by Gasteiger charge is -2.09. The van der Waals surface area contributed by atoms with E-state index in [9.17, 15) is 27.2 Å². The number of nitrogens with zero attached hydrogens (tertiary/aromatic N) is 1. The van der Waals surface area contributed by atoms with Crippen LogP contribution in [0.5, 0.6) is 0 Å². The smallest absolute Gasteiger partial charge is 0.306 e. The van der Waals surface area contributed by atoms with Crippen LogP contribution in [0, 0.1) is 5.82 Å². The summed E-state index contributed by atoms with van der Waals surface area (Å²) in [4.78, 5) is 41.2. The summed E-state index contributed by atoms with van der Waals surface area (Å²) in [5, 5.41) is 2.74. The van der Waals surface area contributed by atoms with E-state index in [0.717, 1.165) is 24.8 Å². The van der Waals surface area contributed by atoms with Crippen molar-refractivity contribution < 1.29 is 31.9 Å². The van der Waals surface area contributed by atoms with Gasteiger partial charge >= 0.3 is 5.97 Å². The highest BCUT2D eigenvalue weighted by atomic mass is 32.2. The fourth-order valence-electron chi connectivity index (χ4n) is 5.61. The topological polar surface area (TPSA) is 132 Å². The third-order valence-corrected chi connectivity index (χ3v) is 10.1. The third-order valence-electron chi connectivity index (χ3n) is 8.72. The van der Waals surface area contributed by atoms with Crippen LogP contribution in [0.15, 0.2) is 71.8 Å². The summed E-state index contributed by atoms with van der Waals surface area (Å²) in [6, 6.07) is 14.1. The number of rotatable bonds is 25. The van der Waals surface area contributed by atoms with E-state index in [0.29, 0.717) is 25.1 Å². The van der Waals surface area contributed by atoms with Gasteiger partial charge in [0.1, 0.15) is 12.4 Å². The summed E-state index contributed by atoms with van der Waals surface area (Å²) < 4.78 is 46.0. The Balaban J connectivity index is 1.27. The van der Waals surface area contributed by atoms with Crippen molar-refractivity contribution in [2.45, 2.75) is 128 Å². The van der Waals surface area contributed by atoms with Gasteiger partial charge in [-0.05, 0) is 66.9 Å². The maximum absolute atomic E-state index is 13.0. The number of halogens is 1. The number of amides is 2. The van der Waals surface area contributed by atoms with Gasteiger partial charge in [-0.3, -0.25) is 19.4 Å². The first kappa shape index (κ1) is 41.3. The van der Waals surface area contributed by atoms with Crippen molar-refractivity contribution in [3.8, 4) is 0 Å². The summed E-state index contributed by atoms with van der Waals surface area (Å²) in [5.41, 5.74) is 1.56. The molecule has 0 spiro atoms. The quantitative estimate of drug-likeness (QED) is 0.0661. The fourth-order valence-corrected chi connectivity index (χ4v) is 6.58. The summed E-state index contributed by atoms with van der Waals surface area (Å²) in [6.07, 6.45) is 20.9. The maximum atomic E-state index is 13.0. The number of unbranched alkanes of at least 4 members (excludes halogenated alkanes) is 14. The van der Waals surface area contributed by atoms with Crippen molar-refractivity contribution in [2.24, 2.45) is 0 Å². The van der Waals surface area contributed by atoms with E-state index in [1.54, 1.807) is 12.1 Å². The van der Waals surface area contributed by atoms with Crippen LogP contribution >= 0.6 is 0 Å². The predicted molar refractivity (Wildman–Crippen MR) is 197 cm³/mol. The van der Waals surface area contributed by atoms with Crippen molar-refractivity contribution >= 4 is 27.8 Å². The molecule has 0 aliphatic rings. The lowest BCUT2D eigenvalue weighted by Crippen LogP contribution is -2.31. The Bertz CT molecular complexity index is 1580. The Morgan fingerprint density at radius 3 is 1.78 bits per heavy atom. The van der Waals surface area contributed by atoms with Gasteiger partial charge in [0.2, 0.25) is 0 Å². The zero-order valence-corrected chi connectivity index (χ0v) is 30.8. The minimum Gasteiger partial charge on any atom is -0.459 e. The van der Waals surface area contributed by atoms with Crippen LogP contribution in [0.3, 0.4) is 0 Å². The monoisotopic (exact) mass is 723 g/mol. The van der Waals surface area contributed by atoms with Crippen LogP contribution < -0.4 is 10.0 Å². The van der Waals surface area contributed by atoms with E-state index in [2.05, 4.69) is 17.2 Å². The average molecular weight is 724 g/mol. The number of aromatic nitrogens is 1. The Labute approximate surface area is 303 Å². The van der Waals surface area contributed by atoms with Gasteiger partial charge in [0.15, 0.2) is 0 Å². The highest BCUT2D eigenvalue weighted by Gasteiger charge is 2.20. The van der Waals surface area contributed by atoms with Crippen LogP contribution in [0.25, 0.3) is 0 Å². The second kappa shape index (κ2) is 23.4. The van der Waals surface area contributed by atoms with Crippen LogP contribution in [-0.4, -0.2) is 37.7 Å². The number of pyridine rings is 1. The lowest BCUT2D eigenvalue weighted by atomic mass is 10.0. The zero-order valence-electron chi connectivity index (χ0n) is 30.0. The van der Waals surface area contributed by atoms with E-state index in [4.69, 9.17) is 4.74 Å². The highest BCUT2D eigenvalue weighted by molar-refractivity contribution is 7.90. The number of carbonyl (C=O) groups is 3. The number of sulfonamides is 1. The molecule has 0 unspecified atom stereocenters. The summed E-state index contributed by atoms with van der Waals surface area (Å²) in [5.74, 6) is -1.90. The maximum Gasteiger partial charge on any atom is 0.306 e. The SMILES string of the molecule is CCCCCCCCCCCCCCCCCC(=O)OCc1ccc(C(=O)NS(=O)(=O)c2ccc(C(=O)NCCc3ccc(F)cc3)cc2)cn1. The minimum absolute atomic E-state index is 0.0172. The first-order valence-corrected chi connectivity index (χ1v) is 20.0. The first-order chi connectivity index (χ1) is 24.7. The average Bonchev–Trinajstić information content (AvgIpc) is 3.13. The van der Waals surface area contributed by atoms with Gasteiger partial charge < -0.3 is 10.1 Å². The van der Waals surface area contributed by atoms with Gasteiger partial charge in [0.25, 0.3) is 21.8 Å². The van der Waals surface area contributed by atoms with E-state index < -0.39 is 21.8 Å². The van der Waals surface area contributed by atoms with E-state index >= 15 is 0 Å². The lowest BCUT2D eigenvalue weighted by molar-refractivity contribution is -0.145. The van der Waals surface area contributed by atoms with Crippen molar-refractivity contribution in [3.63, 3.8) is 0 Å². The van der Waals surface area contributed by atoms with Crippen molar-refractivity contribution in [1.82, 2.24) is 15.0 Å². The third kappa shape index (κ3) is 16.6. The molecule has 0 aliphatic heterocycles. The highest BCUT2D eigenvalue weighted by Crippen LogP contribution is 2.15. The van der Waals surface area contributed by atoms with Gasteiger partial charge in [-0.15, -0.1) is 0 Å². The molecule has 0 atom stereocenters. The van der Waals surface area contributed by atoms with Gasteiger partial charge in [-0.2, -0.15) is 0 Å². The second-order valence-corrected chi connectivity index (χ2v) is 14.7. The fraction of sp³-hybridized carbons (Fsp3) is 0.500. The molecule has 2 amide bonds. The number of hydrogen-bond acceptors (Lipinski definition) is 7. The molecule has 9 nitrogen and oxygen atoms in total. The Hall–Kier alpha value is -4.12. The molecule has 0 bridgehead atoms.